The van der Waals surface area contributed by atoms with Gasteiger partial charge in [-0.3, -0.25) is 19.4 Å². The fraction of sp³-hybridized carbons (Fsp3) is 0.519. The number of benzene rings is 1. The number of carboxylic acids is 1. The van der Waals surface area contributed by atoms with Gasteiger partial charge in [-0.2, -0.15) is 13.2 Å². The largest absolute Gasteiger partial charge is 0.481 e. The number of allylic oxidation sites excluding steroid dienone is 1. The minimum absolute atomic E-state index is 0.0547. The Morgan fingerprint density at radius 1 is 1.24 bits per heavy atom. The average Bonchev–Trinajstić information content (AvgIpc) is 2.89. The lowest BCUT2D eigenvalue weighted by molar-refractivity contribution is -0.180. The highest BCUT2D eigenvalue weighted by molar-refractivity contribution is 6.30. The topological polar surface area (TPSA) is 144 Å². The number of guanidine groups is 1. The number of nitrogens with one attached hydrogen (secondary N) is 4. The highest BCUT2D eigenvalue weighted by Gasteiger charge is 2.48. The average molecular weight is 619 g/mol. The number of hydrogen-bond donors (Lipinski definition) is 5. The van der Waals surface area contributed by atoms with Crippen LogP contribution in [0.2, 0.25) is 5.02 Å². The van der Waals surface area contributed by atoms with Gasteiger partial charge < -0.3 is 26.4 Å². The molecule has 2 atom stereocenters. The molecule has 10 nitrogen and oxygen atoms in total. The minimum Gasteiger partial charge on any atom is -0.481 e. The normalized spacial score (nSPS) is 16.8. The maximum atomic E-state index is 13.6. The Morgan fingerprint density at radius 3 is 2.55 bits per heavy atom. The van der Waals surface area contributed by atoms with Crippen molar-refractivity contribution in [1.82, 2.24) is 21.3 Å². The number of aliphatic carboxylic acids is 1. The molecule has 1 aromatic carbocycles. The maximum absolute atomic E-state index is 13.6. The van der Waals surface area contributed by atoms with Crippen LogP contribution in [-0.4, -0.2) is 67.0 Å². The molecule has 0 spiro atoms. The van der Waals surface area contributed by atoms with E-state index < -0.39 is 54.6 Å². The molecule has 1 heterocycles. The molecular formula is C27H35ClF4N6O4. The first-order chi connectivity index (χ1) is 19.6. The van der Waals surface area contributed by atoms with E-state index in [1.807, 2.05) is 6.92 Å². The Labute approximate surface area is 246 Å². The molecule has 0 radical (unpaired) electrons. The zero-order valence-electron chi connectivity index (χ0n) is 23.4. The van der Waals surface area contributed by atoms with Crippen LogP contribution in [0.5, 0.6) is 0 Å². The fourth-order valence-corrected chi connectivity index (χ4v) is 3.97. The Morgan fingerprint density at radius 2 is 1.95 bits per heavy atom. The van der Waals surface area contributed by atoms with Crippen molar-refractivity contribution in [2.45, 2.75) is 70.3 Å². The molecule has 5 N–H and O–H groups in total. The molecule has 2 rings (SSSR count). The smallest absolute Gasteiger partial charge is 0.397 e. The number of carboxylic acid groups (broad SMARTS) is 1. The van der Waals surface area contributed by atoms with E-state index >= 15 is 0 Å². The second-order valence-corrected chi connectivity index (χ2v) is 10.6. The van der Waals surface area contributed by atoms with Crippen LogP contribution in [0.4, 0.5) is 17.6 Å². The van der Waals surface area contributed by atoms with Crippen LogP contribution in [0.25, 0.3) is 0 Å². The van der Waals surface area contributed by atoms with E-state index in [2.05, 4.69) is 31.3 Å². The monoisotopic (exact) mass is 618 g/mol. The van der Waals surface area contributed by atoms with Gasteiger partial charge in [0.25, 0.3) is 0 Å². The number of hydrogen-bond acceptors (Lipinski definition) is 7. The Bertz CT molecular complexity index is 1220. The van der Waals surface area contributed by atoms with E-state index in [9.17, 15) is 37.1 Å². The van der Waals surface area contributed by atoms with Crippen molar-refractivity contribution >= 4 is 41.6 Å². The second kappa shape index (κ2) is 15.5. The summed E-state index contributed by atoms with van der Waals surface area (Å²) in [5.41, 5.74) is -1.71. The fourth-order valence-electron chi connectivity index (χ4n) is 3.72. The third-order valence-corrected chi connectivity index (χ3v) is 6.48. The lowest BCUT2D eigenvalue weighted by Crippen LogP contribution is -2.44. The molecule has 1 aromatic rings. The standard InChI is InChI=1S/C27H35ClF4N6O4/c1-4-5-20(37-25-35-12-19(29)13-36-25)14-33-7-6-22(39)34-15-23(40)38-21(11-24(41)42)16-8-17(10-18(28)9-16)26(2,3)27(30,31)32/h7-10,14,19,21H,4-6,11-13,15H2,1-3H3,(H,34,39)(H,38,40)(H,41,42)(H2,35,36,37)/b20-14+,33-7-/t21-/m0/s1. The third kappa shape index (κ3) is 11.0. The summed E-state index contributed by atoms with van der Waals surface area (Å²) in [5, 5.41) is 19.9. The van der Waals surface area contributed by atoms with Gasteiger partial charge >= 0.3 is 12.1 Å². The molecule has 1 unspecified atom stereocenters. The predicted molar refractivity (Wildman–Crippen MR) is 151 cm³/mol. The second-order valence-electron chi connectivity index (χ2n) is 10.1. The molecule has 0 saturated heterocycles. The summed E-state index contributed by atoms with van der Waals surface area (Å²) >= 11 is 6.05. The molecule has 0 aliphatic carbocycles. The summed E-state index contributed by atoms with van der Waals surface area (Å²) in [6.45, 7) is 3.58. The molecule has 0 aromatic heterocycles. The summed E-state index contributed by atoms with van der Waals surface area (Å²) in [6.07, 6.45) is -2.21. The SMILES string of the molecule is CCC/C(=C\N=C/CC(=O)NCC(=O)N[C@@H](CC(=O)O)c1cc(Cl)cc(C(C)(C)C(F)(F)F)c1)NC1=NCC(F)CN1. The molecule has 1 aliphatic heterocycles. The van der Waals surface area contributed by atoms with Crippen LogP contribution >= 0.6 is 11.6 Å². The summed E-state index contributed by atoms with van der Waals surface area (Å²) in [4.78, 5) is 44.3. The summed E-state index contributed by atoms with van der Waals surface area (Å²) in [5.74, 6) is -2.18. The van der Waals surface area contributed by atoms with Crippen molar-refractivity contribution in [1.29, 1.82) is 0 Å². The van der Waals surface area contributed by atoms with E-state index in [1.165, 1.54) is 18.5 Å². The number of amides is 2. The molecule has 0 fully saturated rings. The van der Waals surface area contributed by atoms with Crippen LogP contribution in [0, 0.1) is 0 Å². The maximum Gasteiger partial charge on any atom is 0.397 e. The van der Waals surface area contributed by atoms with Gasteiger partial charge in [-0.25, -0.2) is 9.38 Å². The van der Waals surface area contributed by atoms with Crippen LogP contribution < -0.4 is 21.3 Å². The highest BCUT2D eigenvalue weighted by atomic mass is 35.5. The number of carbonyl (C=O) groups excluding carboxylic acids is 2. The Balaban J connectivity index is 1.99. The number of nitrogens with zero attached hydrogens (tertiary/aromatic N) is 2. The van der Waals surface area contributed by atoms with Crippen LogP contribution in [0.15, 0.2) is 40.1 Å². The van der Waals surface area contributed by atoms with Crippen LogP contribution in [0.3, 0.4) is 0 Å². The number of aliphatic imine (C=N–C) groups is 2. The molecule has 0 saturated carbocycles. The van der Waals surface area contributed by atoms with Crippen molar-refractivity contribution in [3.63, 3.8) is 0 Å². The molecule has 0 bridgehead atoms. The Kier molecular flexibility index (Phi) is 12.8. The number of rotatable bonds is 13. The van der Waals surface area contributed by atoms with Gasteiger partial charge in [-0.05, 0) is 43.5 Å². The van der Waals surface area contributed by atoms with E-state index in [1.54, 1.807) is 0 Å². The van der Waals surface area contributed by atoms with E-state index in [0.29, 0.717) is 18.1 Å². The predicted octanol–water partition coefficient (Wildman–Crippen LogP) is 3.92. The zero-order chi connectivity index (χ0) is 31.5. The minimum atomic E-state index is -4.61. The first-order valence-corrected chi connectivity index (χ1v) is 13.6. The van der Waals surface area contributed by atoms with Gasteiger partial charge in [0.1, 0.15) is 6.17 Å². The molecule has 232 valence electrons. The number of carbonyl (C=O) groups is 3. The Hall–Kier alpha value is -3.68. The summed E-state index contributed by atoms with van der Waals surface area (Å²) in [7, 11) is 0. The van der Waals surface area contributed by atoms with Gasteiger partial charge in [0.15, 0.2) is 5.96 Å². The van der Waals surface area contributed by atoms with Crippen LogP contribution in [-0.2, 0) is 19.8 Å². The van der Waals surface area contributed by atoms with Crippen molar-refractivity contribution < 1.29 is 37.1 Å². The molecule has 2 amide bonds. The van der Waals surface area contributed by atoms with E-state index in [-0.39, 0.29) is 35.7 Å². The van der Waals surface area contributed by atoms with Crippen molar-refractivity contribution in [2.75, 3.05) is 19.6 Å². The highest BCUT2D eigenvalue weighted by Crippen LogP contribution is 2.42. The van der Waals surface area contributed by atoms with Gasteiger partial charge in [0.05, 0.1) is 43.9 Å². The van der Waals surface area contributed by atoms with Gasteiger partial charge in [0, 0.05) is 23.1 Å². The van der Waals surface area contributed by atoms with Crippen molar-refractivity contribution in [3.8, 4) is 0 Å². The summed E-state index contributed by atoms with van der Waals surface area (Å²) in [6, 6.07) is 2.37. The van der Waals surface area contributed by atoms with Crippen molar-refractivity contribution in [2.24, 2.45) is 9.98 Å². The third-order valence-electron chi connectivity index (χ3n) is 6.26. The van der Waals surface area contributed by atoms with Gasteiger partial charge in [-0.1, -0.05) is 31.0 Å². The van der Waals surface area contributed by atoms with Gasteiger partial charge in [-0.15, -0.1) is 0 Å². The molecule has 42 heavy (non-hydrogen) atoms. The quantitative estimate of drug-likeness (QED) is 0.167. The molecule has 1 aliphatic rings. The van der Waals surface area contributed by atoms with Gasteiger partial charge in [0.2, 0.25) is 11.8 Å². The lowest BCUT2D eigenvalue weighted by atomic mass is 9.82. The molecule has 15 heteroatoms. The lowest BCUT2D eigenvalue weighted by Gasteiger charge is -2.29. The zero-order valence-corrected chi connectivity index (χ0v) is 24.2. The number of alkyl halides is 4. The van der Waals surface area contributed by atoms with Crippen LogP contribution in [0.1, 0.15) is 63.6 Å². The summed E-state index contributed by atoms with van der Waals surface area (Å²) < 4.78 is 54.0. The van der Waals surface area contributed by atoms with E-state index in [4.69, 9.17) is 11.6 Å². The first kappa shape index (κ1) is 34.5. The number of halogens is 5. The van der Waals surface area contributed by atoms with Crippen molar-refractivity contribution in [3.05, 3.63) is 46.2 Å². The molecular weight excluding hydrogens is 584 g/mol. The van der Waals surface area contributed by atoms with E-state index in [0.717, 1.165) is 32.4 Å². The first-order valence-electron chi connectivity index (χ1n) is 13.2.